The smallest absolute Gasteiger partial charge is 0.187 e. The molecule has 0 amide bonds. The zero-order valence-electron chi connectivity index (χ0n) is 56.8. The normalized spacial score (nSPS) is 52.4. The SMILES string of the molecule is CCCCCCCCCCCCOC[C@H]1O[C@@H](O[C@H]2[C@@H](O)[C@@H](CO)O[C@@H](O[C@H]3[C@H](O[C@@H]4[C@H](O)[C@@H](O)[C@H](O[C@@H]5C[C@@H]6CC[C@H]7[C@@H]8[C@H](O)[C@@H]9O[C@]%10(CC[C@@H](C)CO%10)[C@@H](C)[C@@H]9[C@@]8(C)CC[C@@H]7[C@@]6(C)C[C@H]5O)O[C@@H]4CO)O[C@H](CO)[C@@H](O)[C@@H]3O[C@@H]3OC[C@@H](O)[C@H](O)[C@H]3O)[C@@H]2O)[C@H](O)[C@@H](O)[C@@H]1O. The molecule has 1 spiro atoms. The molecule has 4 aliphatic carbocycles. The predicted molar refractivity (Wildman–Crippen MR) is 333 cm³/mol. The van der Waals surface area contributed by atoms with Gasteiger partial charge in [-0.3, -0.25) is 0 Å². The van der Waals surface area contributed by atoms with Gasteiger partial charge in [0.05, 0.1) is 64.1 Å². The van der Waals surface area contributed by atoms with Crippen LogP contribution in [0.5, 0.6) is 0 Å². The minimum atomic E-state index is -2.19. The number of aliphatic hydroxyl groups excluding tert-OH is 16. The zero-order valence-corrected chi connectivity index (χ0v) is 56.8. The molecule has 7 aliphatic heterocycles. The summed E-state index contributed by atoms with van der Waals surface area (Å²) in [5.74, 6) is 0.399. The van der Waals surface area contributed by atoms with E-state index in [1.165, 1.54) is 32.1 Å². The molecule has 562 valence electrons. The average molecular weight is 1400 g/mol. The molecule has 29 nitrogen and oxygen atoms in total. The van der Waals surface area contributed by atoms with Crippen molar-refractivity contribution in [3.63, 3.8) is 0 Å². The fourth-order valence-electron chi connectivity index (χ4n) is 19.3. The van der Waals surface area contributed by atoms with E-state index in [2.05, 4.69) is 34.6 Å². The zero-order chi connectivity index (χ0) is 69.6. The molecule has 7 heterocycles. The van der Waals surface area contributed by atoms with E-state index in [1.54, 1.807) is 0 Å². The number of fused-ring (bicyclic) bond motifs is 7. The van der Waals surface area contributed by atoms with E-state index >= 15 is 0 Å². The Morgan fingerprint density at radius 2 is 1.03 bits per heavy atom. The fourth-order valence-corrected chi connectivity index (χ4v) is 19.3. The van der Waals surface area contributed by atoms with E-state index in [9.17, 15) is 81.7 Å². The van der Waals surface area contributed by atoms with Gasteiger partial charge in [0.2, 0.25) is 0 Å². The van der Waals surface area contributed by atoms with E-state index in [1.807, 2.05) is 0 Å². The molecule has 16 N–H and O–H groups in total. The number of aliphatic hydroxyl groups is 16. The van der Waals surface area contributed by atoms with Crippen molar-refractivity contribution in [3.8, 4) is 0 Å². The van der Waals surface area contributed by atoms with Gasteiger partial charge < -0.3 is 143 Å². The summed E-state index contributed by atoms with van der Waals surface area (Å²) in [5.41, 5.74) is -0.530. The van der Waals surface area contributed by atoms with Gasteiger partial charge in [0.15, 0.2) is 37.2 Å². The molecule has 0 unspecified atom stereocenters. The summed E-state index contributed by atoms with van der Waals surface area (Å²) in [4.78, 5) is 0. The minimum Gasteiger partial charge on any atom is -0.394 e. The first-order chi connectivity index (χ1) is 46.3. The van der Waals surface area contributed by atoms with Crippen LogP contribution in [0.3, 0.4) is 0 Å². The van der Waals surface area contributed by atoms with E-state index in [0.717, 1.165) is 64.2 Å². The summed E-state index contributed by atoms with van der Waals surface area (Å²) < 4.78 is 80.1. The minimum absolute atomic E-state index is 0.00595. The summed E-state index contributed by atoms with van der Waals surface area (Å²) in [6.45, 7) is 8.40. The van der Waals surface area contributed by atoms with Crippen molar-refractivity contribution < 1.29 is 143 Å². The number of rotatable bonds is 26. The lowest BCUT2D eigenvalue weighted by atomic mass is 9.44. The molecule has 97 heavy (non-hydrogen) atoms. The van der Waals surface area contributed by atoms with Crippen LogP contribution in [0.2, 0.25) is 0 Å². The van der Waals surface area contributed by atoms with Gasteiger partial charge >= 0.3 is 0 Å². The quantitative estimate of drug-likeness (QED) is 0.0344. The van der Waals surface area contributed by atoms with E-state index in [-0.39, 0.29) is 59.0 Å². The third-order valence-corrected chi connectivity index (χ3v) is 24.9. The van der Waals surface area contributed by atoms with Crippen LogP contribution < -0.4 is 0 Å². The van der Waals surface area contributed by atoms with Gasteiger partial charge in [0.1, 0.15) is 116 Å². The highest BCUT2D eigenvalue weighted by molar-refractivity contribution is 5.19. The number of unbranched alkanes of at least 4 members (excludes halogenated alkanes) is 9. The standard InChI is InChI=1S/C68H116O29/c1-6-7-8-9-10-11-12-13-14-15-22-85-30-42-46(75)50(79)53(82)63(92-42)94-58-47(76)39(25-69)89-64(55(58)84)96-60-59(95-61-52(81)45(74)37(73)29-86-61)48(77)40(26-70)90-65(60)93-56-41(27-71)91-62(54(83)51(56)80)88-38-23-33-16-17-34-35(67(33,5)24-36(38)72)19-20-66(4)43-32(3)68(21-18-31(2)28-87-68)97-57(43)49(78)44(34)66/h31-65,69-84H,6-30H2,1-5H3/t31-,32+,33+,34-,35+,36-,37-,38-,39-,40-,41-,42-,43+,44-,45+,46-,47+,48-,49+,50+,51-,52-,53-,54-,55-,56+,57-,58+,59+,60-,61+,62-,63+,64+,65+,66-,67+,68-/m1/s1. The molecule has 29 heteroatoms. The summed E-state index contributed by atoms with van der Waals surface area (Å²) >= 11 is 0. The Morgan fingerprint density at radius 1 is 0.454 bits per heavy atom. The number of hydrogen-bond donors (Lipinski definition) is 16. The Morgan fingerprint density at radius 3 is 1.70 bits per heavy atom. The Balaban J connectivity index is 0.761. The Bertz CT molecular complexity index is 2430. The average Bonchev–Trinajstić information content (AvgIpc) is 1.54. The Kier molecular flexibility index (Phi) is 25.9. The third kappa shape index (κ3) is 15.3. The van der Waals surface area contributed by atoms with Crippen LogP contribution in [-0.4, -0.2) is 306 Å². The van der Waals surface area contributed by atoms with E-state index in [4.69, 9.17) is 61.6 Å². The van der Waals surface area contributed by atoms with Crippen molar-refractivity contribution in [2.24, 2.45) is 52.3 Å². The van der Waals surface area contributed by atoms with Crippen LogP contribution in [0.15, 0.2) is 0 Å². The van der Waals surface area contributed by atoms with Crippen LogP contribution in [0.1, 0.15) is 150 Å². The topological polar surface area (TPSA) is 444 Å². The summed E-state index contributed by atoms with van der Waals surface area (Å²) in [5, 5.41) is 182. The molecule has 38 atom stereocenters. The highest BCUT2D eigenvalue weighted by Crippen LogP contribution is 2.71. The molecule has 11 aliphatic rings. The molecule has 0 aromatic carbocycles. The molecule has 0 radical (unpaired) electrons. The lowest BCUT2D eigenvalue weighted by molar-refractivity contribution is -0.410. The highest BCUT2D eigenvalue weighted by atomic mass is 16.8. The van der Waals surface area contributed by atoms with Gasteiger partial charge in [-0.05, 0) is 91.8 Å². The molecule has 11 rings (SSSR count). The second-order valence-electron chi connectivity index (χ2n) is 31.0. The molecule has 0 aromatic rings. The molecule has 4 saturated carbocycles. The van der Waals surface area contributed by atoms with Crippen LogP contribution in [-0.2, 0) is 61.6 Å². The van der Waals surface area contributed by atoms with Crippen molar-refractivity contribution in [2.45, 2.75) is 328 Å². The van der Waals surface area contributed by atoms with E-state index < -0.39 is 198 Å². The second-order valence-corrected chi connectivity index (χ2v) is 31.0. The van der Waals surface area contributed by atoms with Crippen molar-refractivity contribution in [1.82, 2.24) is 0 Å². The molecule has 7 saturated heterocycles. The second kappa shape index (κ2) is 32.7. The van der Waals surface area contributed by atoms with E-state index in [0.29, 0.717) is 38.4 Å². The lowest BCUT2D eigenvalue weighted by Gasteiger charge is -2.62. The highest BCUT2D eigenvalue weighted by Gasteiger charge is 2.73. The monoisotopic (exact) mass is 1400 g/mol. The van der Waals surface area contributed by atoms with Crippen LogP contribution in [0, 0.1) is 52.3 Å². The molecule has 0 bridgehead atoms. The maximum atomic E-state index is 12.4. The number of hydrogen-bond acceptors (Lipinski definition) is 29. The first-order valence-corrected chi connectivity index (χ1v) is 36.4. The van der Waals surface area contributed by atoms with Crippen LogP contribution in [0.25, 0.3) is 0 Å². The van der Waals surface area contributed by atoms with Gasteiger partial charge in [-0.25, -0.2) is 0 Å². The third-order valence-electron chi connectivity index (χ3n) is 24.9. The van der Waals surface area contributed by atoms with Crippen molar-refractivity contribution in [3.05, 3.63) is 0 Å². The Hall–Kier alpha value is -1.16. The van der Waals surface area contributed by atoms with Gasteiger partial charge in [0, 0.05) is 24.9 Å². The largest absolute Gasteiger partial charge is 0.394 e. The van der Waals surface area contributed by atoms with Gasteiger partial charge in [0.25, 0.3) is 0 Å². The van der Waals surface area contributed by atoms with Crippen LogP contribution in [0.4, 0.5) is 0 Å². The van der Waals surface area contributed by atoms with Crippen molar-refractivity contribution in [2.75, 3.05) is 46.2 Å². The molecule has 11 fully saturated rings. The first kappa shape index (κ1) is 77.0. The van der Waals surface area contributed by atoms with Crippen molar-refractivity contribution in [1.29, 1.82) is 0 Å². The summed E-state index contributed by atoms with van der Waals surface area (Å²) in [6.07, 6.45) is -30.7. The maximum absolute atomic E-state index is 12.4. The van der Waals surface area contributed by atoms with Gasteiger partial charge in [-0.15, -0.1) is 0 Å². The maximum Gasteiger partial charge on any atom is 0.187 e. The van der Waals surface area contributed by atoms with Crippen molar-refractivity contribution >= 4 is 0 Å². The molecule has 0 aromatic heterocycles. The van der Waals surface area contributed by atoms with Gasteiger partial charge in [-0.2, -0.15) is 0 Å². The Labute approximate surface area is 567 Å². The van der Waals surface area contributed by atoms with Gasteiger partial charge in [-0.1, -0.05) is 92.4 Å². The van der Waals surface area contributed by atoms with Crippen LogP contribution >= 0.6 is 0 Å². The predicted octanol–water partition coefficient (Wildman–Crippen LogP) is -1.56. The molecular formula is C68H116O29. The summed E-state index contributed by atoms with van der Waals surface area (Å²) in [6, 6.07) is 0. The lowest BCUT2D eigenvalue weighted by Crippen LogP contribution is -2.69. The molecular weight excluding hydrogens is 1280 g/mol. The number of ether oxygens (including phenoxy) is 13. The fraction of sp³-hybridized carbons (Fsp3) is 1.00. The first-order valence-electron chi connectivity index (χ1n) is 36.4. The summed E-state index contributed by atoms with van der Waals surface area (Å²) in [7, 11) is 0.